The third-order valence-electron chi connectivity index (χ3n) is 4.47. The number of nitrogens with zero attached hydrogens (tertiary/aromatic N) is 3. The summed E-state index contributed by atoms with van der Waals surface area (Å²) < 4.78 is 19.9. The molecule has 0 fully saturated rings. The SMILES string of the molecule is COc1ccc(NC(=O)C(=O)NCCc2csc3nc(-c4ccc(F)cc4)nn23)cc1. The lowest BCUT2D eigenvalue weighted by Gasteiger charge is -2.07. The molecule has 10 heteroatoms. The van der Waals surface area contributed by atoms with Gasteiger partial charge in [-0.2, -0.15) is 4.98 Å². The Hall–Kier alpha value is -3.79. The number of hydrogen-bond acceptors (Lipinski definition) is 6. The summed E-state index contributed by atoms with van der Waals surface area (Å²) >= 11 is 1.42. The molecule has 31 heavy (non-hydrogen) atoms. The summed E-state index contributed by atoms with van der Waals surface area (Å²) in [5.74, 6) is -0.652. The number of thiazole rings is 1. The molecular weight excluding hydrogens is 421 g/mol. The largest absolute Gasteiger partial charge is 0.497 e. The van der Waals surface area contributed by atoms with Crippen LogP contribution in [0.1, 0.15) is 5.69 Å². The van der Waals surface area contributed by atoms with Gasteiger partial charge in [0.25, 0.3) is 0 Å². The number of halogens is 1. The predicted octanol–water partition coefficient (Wildman–Crippen LogP) is 2.90. The van der Waals surface area contributed by atoms with Crippen LogP contribution >= 0.6 is 11.3 Å². The third kappa shape index (κ3) is 4.69. The molecule has 0 aliphatic carbocycles. The Kier molecular flexibility index (Phi) is 5.89. The Balaban J connectivity index is 1.33. The van der Waals surface area contributed by atoms with Gasteiger partial charge in [-0.05, 0) is 48.5 Å². The van der Waals surface area contributed by atoms with Crippen molar-refractivity contribution >= 4 is 33.8 Å². The predicted molar refractivity (Wildman–Crippen MR) is 115 cm³/mol. The minimum Gasteiger partial charge on any atom is -0.497 e. The van der Waals surface area contributed by atoms with Crippen LogP contribution in [0.4, 0.5) is 10.1 Å². The maximum Gasteiger partial charge on any atom is 0.313 e. The van der Waals surface area contributed by atoms with Crippen LogP contribution in [-0.4, -0.2) is 40.1 Å². The Bertz CT molecular complexity index is 1220. The van der Waals surface area contributed by atoms with Gasteiger partial charge in [0.2, 0.25) is 4.96 Å². The first-order valence-corrected chi connectivity index (χ1v) is 10.2. The van der Waals surface area contributed by atoms with Gasteiger partial charge in [-0.1, -0.05) is 0 Å². The van der Waals surface area contributed by atoms with Gasteiger partial charge in [-0.3, -0.25) is 9.59 Å². The zero-order chi connectivity index (χ0) is 21.8. The van der Waals surface area contributed by atoms with E-state index in [4.69, 9.17) is 4.74 Å². The number of nitrogens with one attached hydrogen (secondary N) is 2. The average molecular weight is 439 g/mol. The molecule has 0 aliphatic rings. The lowest BCUT2D eigenvalue weighted by Crippen LogP contribution is -2.36. The molecule has 2 amide bonds. The van der Waals surface area contributed by atoms with E-state index in [2.05, 4.69) is 20.7 Å². The summed E-state index contributed by atoms with van der Waals surface area (Å²) in [7, 11) is 1.55. The van der Waals surface area contributed by atoms with Crippen molar-refractivity contribution < 1.29 is 18.7 Å². The first kappa shape index (κ1) is 20.5. The molecule has 0 aliphatic heterocycles. The minimum atomic E-state index is -0.750. The molecule has 8 nitrogen and oxygen atoms in total. The molecule has 2 heterocycles. The summed E-state index contributed by atoms with van der Waals surface area (Å²) in [6.45, 7) is 0.256. The number of methoxy groups -OCH3 is 1. The number of carbonyl (C=O) groups excluding carboxylic acids is 2. The van der Waals surface area contributed by atoms with Gasteiger partial charge in [0, 0.05) is 29.6 Å². The molecule has 4 aromatic rings. The van der Waals surface area contributed by atoms with E-state index < -0.39 is 11.8 Å². The summed E-state index contributed by atoms with van der Waals surface area (Å²) in [6, 6.07) is 12.6. The number of fused-ring (bicyclic) bond motifs is 1. The van der Waals surface area contributed by atoms with Crippen LogP contribution in [0.15, 0.2) is 53.9 Å². The second-order valence-electron chi connectivity index (χ2n) is 6.55. The fraction of sp³-hybridized carbons (Fsp3) is 0.143. The Morgan fingerprint density at radius 3 is 2.55 bits per heavy atom. The van der Waals surface area contributed by atoms with Crippen LogP contribution < -0.4 is 15.4 Å². The van der Waals surface area contributed by atoms with Crippen molar-refractivity contribution in [2.75, 3.05) is 19.0 Å². The molecule has 2 aromatic carbocycles. The van der Waals surface area contributed by atoms with Crippen LogP contribution in [0, 0.1) is 5.82 Å². The standard InChI is InChI=1S/C21H18FN5O3S/c1-30-17-8-6-15(7-9-17)24-20(29)19(28)23-11-10-16-12-31-21-25-18(26-27(16)21)13-2-4-14(22)5-3-13/h2-9,12H,10-11H2,1H3,(H,23,28)(H,24,29). The second kappa shape index (κ2) is 8.92. The smallest absolute Gasteiger partial charge is 0.313 e. The summed E-state index contributed by atoms with van der Waals surface area (Å²) in [6.07, 6.45) is 0.466. The molecule has 0 unspecified atom stereocenters. The van der Waals surface area contributed by atoms with Gasteiger partial charge >= 0.3 is 11.8 Å². The number of benzene rings is 2. The monoisotopic (exact) mass is 439 g/mol. The van der Waals surface area contributed by atoms with Crippen LogP contribution in [0.25, 0.3) is 16.3 Å². The number of amides is 2. The van der Waals surface area contributed by atoms with Gasteiger partial charge < -0.3 is 15.4 Å². The van der Waals surface area contributed by atoms with Gasteiger partial charge in [-0.15, -0.1) is 16.4 Å². The van der Waals surface area contributed by atoms with Crippen molar-refractivity contribution in [2.45, 2.75) is 6.42 Å². The van der Waals surface area contributed by atoms with Gasteiger partial charge in [-0.25, -0.2) is 8.91 Å². The zero-order valence-corrected chi connectivity index (χ0v) is 17.3. The maximum absolute atomic E-state index is 13.1. The summed E-state index contributed by atoms with van der Waals surface area (Å²) in [5.41, 5.74) is 2.06. The fourth-order valence-electron chi connectivity index (χ4n) is 2.86. The number of carbonyl (C=O) groups is 2. The summed E-state index contributed by atoms with van der Waals surface area (Å²) in [4.78, 5) is 29.3. The fourth-order valence-corrected chi connectivity index (χ4v) is 3.72. The number of hydrogen-bond donors (Lipinski definition) is 2. The highest BCUT2D eigenvalue weighted by Gasteiger charge is 2.15. The minimum absolute atomic E-state index is 0.256. The van der Waals surface area contributed by atoms with Crippen molar-refractivity contribution in [3.8, 4) is 17.1 Å². The van der Waals surface area contributed by atoms with E-state index in [1.54, 1.807) is 48.0 Å². The molecule has 0 saturated heterocycles. The summed E-state index contributed by atoms with van der Waals surface area (Å²) in [5, 5.41) is 11.5. The number of aromatic nitrogens is 3. The number of rotatable bonds is 6. The van der Waals surface area contributed by atoms with E-state index in [0.717, 1.165) is 5.69 Å². The van der Waals surface area contributed by atoms with E-state index >= 15 is 0 Å². The second-order valence-corrected chi connectivity index (χ2v) is 7.39. The van der Waals surface area contributed by atoms with Crippen LogP contribution in [0.5, 0.6) is 5.75 Å². The van der Waals surface area contributed by atoms with Gasteiger partial charge in [0.1, 0.15) is 11.6 Å². The average Bonchev–Trinajstić information content (AvgIpc) is 3.36. The van der Waals surface area contributed by atoms with E-state index in [1.807, 2.05) is 5.38 Å². The Morgan fingerprint density at radius 2 is 1.84 bits per heavy atom. The van der Waals surface area contributed by atoms with Crippen LogP contribution in [-0.2, 0) is 16.0 Å². The first-order chi connectivity index (χ1) is 15.0. The van der Waals surface area contributed by atoms with Gasteiger partial charge in [0.15, 0.2) is 5.82 Å². The normalized spacial score (nSPS) is 10.8. The maximum atomic E-state index is 13.1. The van der Waals surface area contributed by atoms with Crippen molar-refractivity contribution in [2.24, 2.45) is 0 Å². The first-order valence-electron chi connectivity index (χ1n) is 9.36. The molecule has 0 atom stereocenters. The molecule has 158 valence electrons. The van der Waals surface area contributed by atoms with Crippen LogP contribution in [0.2, 0.25) is 0 Å². The lowest BCUT2D eigenvalue weighted by molar-refractivity contribution is -0.136. The molecule has 0 spiro atoms. The highest BCUT2D eigenvalue weighted by molar-refractivity contribution is 7.15. The van der Waals surface area contributed by atoms with E-state index in [0.29, 0.717) is 34.2 Å². The van der Waals surface area contributed by atoms with Gasteiger partial charge in [0.05, 0.1) is 12.8 Å². The highest BCUT2D eigenvalue weighted by Crippen LogP contribution is 2.21. The zero-order valence-electron chi connectivity index (χ0n) is 16.5. The topological polar surface area (TPSA) is 97.6 Å². The molecule has 2 aromatic heterocycles. The Morgan fingerprint density at radius 1 is 1.10 bits per heavy atom. The number of ether oxygens (including phenoxy) is 1. The van der Waals surface area contributed by atoms with E-state index in [-0.39, 0.29) is 12.4 Å². The molecule has 0 saturated carbocycles. The molecule has 4 rings (SSSR count). The number of anilines is 1. The Labute approximate surface area is 180 Å². The molecular formula is C21H18FN5O3S. The van der Waals surface area contributed by atoms with Crippen molar-refractivity contribution in [3.05, 3.63) is 65.4 Å². The van der Waals surface area contributed by atoms with E-state index in [1.165, 1.54) is 23.5 Å². The third-order valence-corrected chi connectivity index (χ3v) is 5.34. The van der Waals surface area contributed by atoms with Crippen molar-refractivity contribution in [1.82, 2.24) is 19.9 Å². The lowest BCUT2D eigenvalue weighted by atomic mass is 10.2. The van der Waals surface area contributed by atoms with Crippen LogP contribution in [0.3, 0.4) is 0 Å². The van der Waals surface area contributed by atoms with Crippen molar-refractivity contribution in [3.63, 3.8) is 0 Å². The molecule has 0 bridgehead atoms. The highest BCUT2D eigenvalue weighted by atomic mass is 32.1. The quantitative estimate of drug-likeness (QED) is 0.450. The van der Waals surface area contributed by atoms with E-state index in [9.17, 15) is 14.0 Å². The van der Waals surface area contributed by atoms with Crippen molar-refractivity contribution in [1.29, 1.82) is 0 Å². The molecule has 2 N–H and O–H groups in total. The molecule has 0 radical (unpaired) electrons.